The lowest BCUT2D eigenvalue weighted by Gasteiger charge is -2.32. The van der Waals surface area contributed by atoms with Crippen LogP contribution in [0.1, 0.15) is 18.4 Å². The molecule has 0 amide bonds. The van der Waals surface area contributed by atoms with Crippen LogP contribution in [0.2, 0.25) is 5.02 Å². The first-order valence-electron chi connectivity index (χ1n) is 6.76. The van der Waals surface area contributed by atoms with Gasteiger partial charge in [0, 0.05) is 42.2 Å². The van der Waals surface area contributed by atoms with E-state index < -0.39 is 10.2 Å². The van der Waals surface area contributed by atoms with Crippen molar-refractivity contribution in [1.82, 2.24) is 14.3 Å². The number of hydrogen-bond donors (Lipinski definition) is 2. The van der Waals surface area contributed by atoms with Gasteiger partial charge in [0.25, 0.3) is 10.2 Å². The zero-order valence-electron chi connectivity index (χ0n) is 11.8. The molecule has 0 radical (unpaired) electrons. The van der Waals surface area contributed by atoms with E-state index in [9.17, 15) is 8.42 Å². The van der Waals surface area contributed by atoms with Gasteiger partial charge in [0.05, 0.1) is 0 Å². The highest BCUT2D eigenvalue weighted by Crippen LogP contribution is 2.24. The summed E-state index contributed by atoms with van der Waals surface area (Å²) < 4.78 is 28.9. The third-order valence-corrected chi connectivity index (χ3v) is 5.74. The van der Waals surface area contributed by atoms with Crippen LogP contribution < -0.4 is 9.44 Å². The average Bonchev–Trinajstić information content (AvgIpc) is 2.44. The average molecular weight is 397 g/mol. The van der Waals surface area contributed by atoms with Crippen LogP contribution in [0.15, 0.2) is 22.7 Å². The van der Waals surface area contributed by atoms with Crippen LogP contribution in [0.5, 0.6) is 0 Å². The lowest BCUT2D eigenvalue weighted by molar-refractivity contribution is 0.199. The monoisotopic (exact) mass is 395 g/mol. The molecule has 1 heterocycles. The first-order chi connectivity index (χ1) is 9.89. The summed E-state index contributed by atoms with van der Waals surface area (Å²) in [6.07, 6.45) is 1.62. The van der Waals surface area contributed by atoms with Gasteiger partial charge < -0.3 is 0 Å². The number of nitrogens with one attached hydrogen (secondary N) is 2. The Morgan fingerprint density at radius 3 is 2.62 bits per heavy atom. The predicted octanol–water partition coefficient (Wildman–Crippen LogP) is 2.12. The Bertz CT molecular complexity index is 589. The molecule has 1 saturated heterocycles. The molecule has 0 spiro atoms. The molecule has 2 rings (SSSR count). The largest absolute Gasteiger partial charge is 0.299 e. The number of piperidine rings is 1. The highest BCUT2D eigenvalue weighted by molar-refractivity contribution is 9.10. The summed E-state index contributed by atoms with van der Waals surface area (Å²) in [5.74, 6) is 0. The van der Waals surface area contributed by atoms with E-state index in [1.165, 1.54) is 12.6 Å². The number of nitrogens with zero attached hydrogens (tertiary/aromatic N) is 1. The third kappa shape index (κ3) is 5.19. The Morgan fingerprint density at radius 2 is 2.05 bits per heavy atom. The number of rotatable bonds is 5. The van der Waals surface area contributed by atoms with Crippen molar-refractivity contribution in [1.29, 1.82) is 0 Å². The van der Waals surface area contributed by atoms with Crippen molar-refractivity contribution in [2.45, 2.75) is 25.4 Å². The van der Waals surface area contributed by atoms with Crippen molar-refractivity contribution in [2.75, 3.05) is 20.1 Å². The van der Waals surface area contributed by atoms with Gasteiger partial charge in [0.15, 0.2) is 0 Å². The van der Waals surface area contributed by atoms with Crippen molar-refractivity contribution in [3.8, 4) is 0 Å². The normalized spacial score (nSPS) is 18.0. The third-order valence-electron chi connectivity index (χ3n) is 3.59. The Hall–Kier alpha value is -0.180. The summed E-state index contributed by atoms with van der Waals surface area (Å²) >= 11 is 9.46. The van der Waals surface area contributed by atoms with Gasteiger partial charge in [-0.05, 0) is 30.5 Å². The second-order valence-electron chi connectivity index (χ2n) is 5.11. The molecule has 8 heteroatoms. The van der Waals surface area contributed by atoms with Crippen molar-refractivity contribution >= 4 is 37.7 Å². The van der Waals surface area contributed by atoms with Gasteiger partial charge in [-0.2, -0.15) is 13.1 Å². The van der Waals surface area contributed by atoms with E-state index in [1.54, 1.807) is 0 Å². The van der Waals surface area contributed by atoms with Crippen LogP contribution in [-0.2, 0) is 16.8 Å². The van der Waals surface area contributed by atoms with Crippen LogP contribution in [0, 0.1) is 0 Å². The molecule has 118 valence electrons. The molecule has 1 fully saturated rings. The molecule has 21 heavy (non-hydrogen) atoms. The van der Waals surface area contributed by atoms with Gasteiger partial charge >= 0.3 is 0 Å². The van der Waals surface area contributed by atoms with Gasteiger partial charge in [0.2, 0.25) is 0 Å². The molecule has 0 bridgehead atoms. The van der Waals surface area contributed by atoms with Crippen molar-refractivity contribution in [3.05, 3.63) is 33.3 Å². The summed E-state index contributed by atoms with van der Waals surface area (Å²) in [5.41, 5.74) is 1.19. The Kier molecular flexibility index (Phi) is 6.05. The maximum atomic E-state index is 11.5. The summed E-state index contributed by atoms with van der Waals surface area (Å²) in [5, 5.41) is 0.714. The molecule has 0 atom stereocenters. The van der Waals surface area contributed by atoms with Crippen LogP contribution in [0.4, 0.5) is 0 Å². The summed E-state index contributed by atoms with van der Waals surface area (Å²) in [7, 11) is -1.94. The second-order valence-corrected chi connectivity index (χ2v) is 8.05. The quantitative estimate of drug-likeness (QED) is 0.801. The maximum absolute atomic E-state index is 11.5. The van der Waals surface area contributed by atoms with Crippen LogP contribution in [0.3, 0.4) is 0 Å². The number of likely N-dealkylation sites (tertiary alicyclic amines) is 1. The van der Waals surface area contributed by atoms with E-state index in [2.05, 4.69) is 30.3 Å². The maximum Gasteiger partial charge on any atom is 0.276 e. The molecular weight excluding hydrogens is 378 g/mol. The predicted molar refractivity (Wildman–Crippen MR) is 88.6 cm³/mol. The van der Waals surface area contributed by atoms with E-state index in [-0.39, 0.29) is 6.04 Å². The molecule has 5 nitrogen and oxygen atoms in total. The topological polar surface area (TPSA) is 61.4 Å². The Balaban J connectivity index is 1.87. The van der Waals surface area contributed by atoms with E-state index in [4.69, 9.17) is 11.6 Å². The fourth-order valence-corrected chi connectivity index (χ4v) is 3.98. The van der Waals surface area contributed by atoms with Crippen molar-refractivity contribution in [2.24, 2.45) is 0 Å². The molecule has 1 aliphatic rings. The van der Waals surface area contributed by atoms with E-state index >= 15 is 0 Å². The second kappa shape index (κ2) is 7.39. The lowest BCUT2D eigenvalue weighted by atomic mass is 10.1. The highest BCUT2D eigenvalue weighted by atomic mass is 79.9. The van der Waals surface area contributed by atoms with Gasteiger partial charge in [-0.1, -0.05) is 33.6 Å². The molecule has 0 aliphatic carbocycles. The zero-order valence-corrected chi connectivity index (χ0v) is 14.9. The van der Waals surface area contributed by atoms with Crippen LogP contribution >= 0.6 is 27.5 Å². The fourth-order valence-electron chi connectivity index (χ4n) is 2.38. The first-order valence-corrected chi connectivity index (χ1v) is 9.42. The minimum absolute atomic E-state index is 0.00681. The molecule has 1 aliphatic heterocycles. The summed E-state index contributed by atoms with van der Waals surface area (Å²) in [6, 6.07) is 5.80. The van der Waals surface area contributed by atoms with E-state index in [0.717, 1.165) is 36.9 Å². The lowest BCUT2D eigenvalue weighted by Crippen LogP contribution is -2.47. The van der Waals surface area contributed by atoms with Crippen LogP contribution in [0.25, 0.3) is 0 Å². The molecule has 2 N–H and O–H groups in total. The first kappa shape index (κ1) is 17.2. The van der Waals surface area contributed by atoms with Crippen molar-refractivity contribution < 1.29 is 8.42 Å². The smallest absolute Gasteiger partial charge is 0.276 e. The highest BCUT2D eigenvalue weighted by Gasteiger charge is 2.23. The Labute approximate surface area is 139 Å². The molecule has 0 saturated carbocycles. The SMILES string of the molecule is CNS(=O)(=O)NC1CCN(Cc2ccc(Cl)cc2Br)CC1. The number of benzene rings is 1. The van der Waals surface area contributed by atoms with Gasteiger partial charge in [-0.3, -0.25) is 4.90 Å². The Morgan fingerprint density at radius 1 is 1.38 bits per heavy atom. The van der Waals surface area contributed by atoms with Crippen molar-refractivity contribution in [3.63, 3.8) is 0 Å². The molecule has 1 aromatic rings. The molecule has 1 aromatic carbocycles. The summed E-state index contributed by atoms with van der Waals surface area (Å²) in [4.78, 5) is 2.32. The number of halogens is 2. The molecule has 0 aromatic heterocycles. The minimum Gasteiger partial charge on any atom is -0.299 e. The van der Waals surface area contributed by atoms with E-state index in [0.29, 0.717) is 5.02 Å². The van der Waals surface area contributed by atoms with Gasteiger partial charge in [0.1, 0.15) is 0 Å². The van der Waals surface area contributed by atoms with E-state index in [1.807, 2.05) is 18.2 Å². The van der Waals surface area contributed by atoms with Crippen LogP contribution in [-0.4, -0.2) is 39.5 Å². The summed E-state index contributed by atoms with van der Waals surface area (Å²) in [6.45, 7) is 2.57. The number of hydrogen-bond acceptors (Lipinski definition) is 3. The molecular formula is C13H19BrClN3O2S. The zero-order chi connectivity index (χ0) is 15.5. The minimum atomic E-state index is -3.35. The fraction of sp³-hybridized carbons (Fsp3) is 0.538. The van der Waals surface area contributed by atoms with Gasteiger partial charge in [-0.15, -0.1) is 0 Å². The molecule has 0 unspecified atom stereocenters. The van der Waals surface area contributed by atoms with Gasteiger partial charge in [-0.25, -0.2) is 4.72 Å². The standard InChI is InChI=1S/C13H19BrClN3O2S/c1-16-21(19,20)17-12-4-6-18(7-5-12)9-10-2-3-11(15)8-13(10)14/h2-3,8,12,16-17H,4-7,9H2,1H3.